The Morgan fingerprint density at radius 2 is 1.73 bits per heavy atom. The Hall–Kier alpha value is -2.84. The van der Waals surface area contributed by atoms with Crippen molar-refractivity contribution in [2.24, 2.45) is 0 Å². The average molecular weight is 375 g/mol. The van der Waals surface area contributed by atoms with Crippen LogP contribution in [0.1, 0.15) is 22.8 Å². The molecule has 0 spiro atoms. The molecule has 1 amide bonds. The van der Waals surface area contributed by atoms with Crippen molar-refractivity contribution in [2.75, 3.05) is 11.9 Å². The van der Waals surface area contributed by atoms with Crippen LogP contribution in [0.5, 0.6) is 11.5 Å². The van der Waals surface area contributed by atoms with Gasteiger partial charge in [-0.15, -0.1) is 0 Å². The van der Waals surface area contributed by atoms with Crippen molar-refractivity contribution in [1.29, 1.82) is 0 Å². The molecule has 0 bridgehead atoms. The first-order chi connectivity index (χ1) is 12.2. The molecule has 0 fully saturated rings. The fraction of sp³-hybridized carbons (Fsp3) is 0.235. The number of carbonyl (C=O) groups is 1. The number of nitrogens with one attached hydrogen (secondary N) is 1. The summed E-state index contributed by atoms with van der Waals surface area (Å²) in [6.07, 6.45) is -4.48. The summed E-state index contributed by atoms with van der Waals surface area (Å²) in [7, 11) is 0. The lowest BCUT2D eigenvalue weighted by Gasteiger charge is -2.13. The fourth-order valence-electron chi connectivity index (χ4n) is 2.06. The first-order valence-corrected chi connectivity index (χ1v) is 7.41. The highest BCUT2D eigenvalue weighted by molar-refractivity contribution is 6.04. The molecule has 0 saturated heterocycles. The zero-order chi connectivity index (χ0) is 19.3. The topological polar surface area (TPSA) is 47.6 Å². The number of rotatable bonds is 6. The van der Waals surface area contributed by atoms with E-state index < -0.39 is 24.3 Å². The maximum atomic E-state index is 12.5. The van der Waals surface area contributed by atoms with Crippen LogP contribution < -0.4 is 14.8 Å². The van der Waals surface area contributed by atoms with Crippen molar-refractivity contribution in [2.45, 2.75) is 19.7 Å². The number of carbonyl (C=O) groups excluding carboxylic acids is 1. The van der Waals surface area contributed by atoms with E-state index in [1.165, 1.54) is 12.1 Å². The number of halogens is 5. The molecule has 1 N–H and O–H groups in total. The highest BCUT2D eigenvalue weighted by atomic mass is 19.4. The molecule has 0 radical (unpaired) electrons. The minimum absolute atomic E-state index is 0.0483. The Labute approximate surface area is 145 Å². The van der Waals surface area contributed by atoms with Crippen molar-refractivity contribution in [3.05, 3.63) is 53.6 Å². The molecule has 140 valence electrons. The molecular weight excluding hydrogens is 361 g/mol. The van der Waals surface area contributed by atoms with Gasteiger partial charge in [0.15, 0.2) is 11.5 Å². The Kier molecular flexibility index (Phi) is 6.01. The Bertz CT molecular complexity index is 760. The second-order valence-electron chi connectivity index (χ2n) is 5.00. The van der Waals surface area contributed by atoms with E-state index in [9.17, 15) is 26.7 Å². The van der Waals surface area contributed by atoms with Gasteiger partial charge in [0.2, 0.25) is 0 Å². The summed E-state index contributed by atoms with van der Waals surface area (Å²) in [5.41, 5.74) is -0.633. The van der Waals surface area contributed by atoms with E-state index in [0.29, 0.717) is 0 Å². The average Bonchev–Trinajstić information content (AvgIpc) is 2.56. The first kappa shape index (κ1) is 19.5. The van der Waals surface area contributed by atoms with Gasteiger partial charge in [0.1, 0.15) is 0 Å². The summed E-state index contributed by atoms with van der Waals surface area (Å²) in [4.78, 5) is 12.2. The summed E-state index contributed by atoms with van der Waals surface area (Å²) in [5, 5.41) is 2.42. The van der Waals surface area contributed by atoms with E-state index in [1.807, 2.05) is 0 Å². The predicted molar refractivity (Wildman–Crippen MR) is 83.6 cm³/mol. The van der Waals surface area contributed by atoms with E-state index in [2.05, 4.69) is 10.1 Å². The lowest BCUT2D eigenvalue weighted by atomic mass is 10.1. The quantitative estimate of drug-likeness (QED) is 0.726. The van der Waals surface area contributed by atoms with Gasteiger partial charge in [0, 0.05) is 11.3 Å². The molecule has 2 aromatic carbocycles. The van der Waals surface area contributed by atoms with Crippen LogP contribution in [0.25, 0.3) is 0 Å². The van der Waals surface area contributed by atoms with Gasteiger partial charge in [0.25, 0.3) is 5.91 Å². The van der Waals surface area contributed by atoms with Crippen LogP contribution in [0.15, 0.2) is 42.5 Å². The summed E-state index contributed by atoms with van der Waals surface area (Å²) < 4.78 is 71.8. The molecule has 0 aliphatic rings. The monoisotopic (exact) mass is 375 g/mol. The van der Waals surface area contributed by atoms with Crippen LogP contribution in [-0.2, 0) is 6.18 Å². The molecular formula is C17H14F5NO3. The number of hydrogen-bond acceptors (Lipinski definition) is 3. The third kappa shape index (κ3) is 5.08. The van der Waals surface area contributed by atoms with Gasteiger partial charge in [0.05, 0.1) is 12.2 Å². The van der Waals surface area contributed by atoms with Crippen LogP contribution in [0.3, 0.4) is 0 Å². The van der Waals surface area contributed by atoms with Gasteiger partial charge in [-0.25, -0.2) is 0 Å². The third-order valence-corrected chi connectivity index (χ3v) is 3.19. The van der Waals surface area contributed by atoms with Crippen molar-refractivity contribution in [3.63, 3.8) is 0 Å². The second kappa shape index (κ2) is 8.03. The molecule has 0 saturated carbocycles. The van der Waals surface area contributed by atoms with Crippen molar-refractivity contribution < 1.29 is 36.2 Å². The van der Waals surface area contributed by atoms with Crippen LogP contribution in [0, 0.1) is 0 Å². The first-order valence-electron chi connectivity index (χ1n) is 7.41. The van der Waals surface area contributed by atoms with Gasteiger partial charge in [-0.2, -0.15) is 22.0 Å². The van der Waals surface area contributed by atoms with Gasteiger partial charge < -0.3 is 14.8 Å². The van der Waals surface area contributed by atoms with Crippen molar-refractivity contribution >= 4 is 11.6 Å². The number of benzene rings is 2. The Morgan fingerprint density at radius 1 is 1.08 bits per heavy atom. The standard InChI is InChI=1S/C17H14F5NO3/c1-2-25-14-9-10(3-8-13(14)26-16(18)19)15(24)23-12-6-4-11(5-7-12)17(20,21)22/h3-9,16H,2H2,1H3,(H,23,24). The second-order valence-corrected chi connectivity index (χ2v) is 5.00. The van der Waals surface area contributed by atoms with Crippen molar-refractivity contribution in [3.8, 4) is 11.5 Å². The van der Waals surface area contributed by atoms with Crippen LogP contribution in [0.4, 0.5) is 27.6 Å². The molecule has 2 rings (SSSR count). The van der Waals surface area contributed by atoms with Gasteiger partial charge in [-0.3, -0.25) is 4.79 Å². The summed E-state index contributed by atoms with van der Waals surface area (Å²) >= 11 is 0. The number of anilines is 1. The molecule has 0 unspecified atom stereocenters. The van der Waals surface area contributed by atoms with E-state index in [0.717, 1.165) is 30.3 Å². The molecule has 0 aromatic heterocycles. The fourth-order valence-corrected chi connectivity index (χ4v) is 2.06. The van der Waals surface area contributed by atoms with E-state index in [4.69, 9.17) is 4.74 Å². The number of amides is 1. The maximum Gasteiger partial charge on any atom is 0.416 e. The van der Waals surface area contributed by atoms with E-state index >= 15 is 0 Å². The zero-order valence-electron chi connectivity index (χ0n) is 13.4. The van der Waals surface area contributed by atoms with Gasteiger partial charge in [-0.1, -0.05) is 0 Å². The molecule has 0 aliphatic carbocycles. The van der Waals surface area contributed by atoms with Crippen LogP contribution >= 0.6 is 0 Å². The number of alkyl halides is 5. The Balaban J connectivity index is 2.17. The van der Waals surface area contributed by atoms with Gasteiger partial charge in [-0.05, 0) is 49.4 Å². The highest BCUT2D eigenvalue weighted by Gasteiger charge is 2.30. The van der Waals surface area contributed by atoms with Crippen molar-refractivity contribution in [1.82, 2.24) is 0 Å². The summed E-state index contributed by atoms with van der Waals surface area (Å²) in [6, 6.07) is 7.48. The number of hydrogen-bond donors (Lipinski definition) is 1. The molecule has 0 heterocycles. The minimum atomic E-state index is -4.48. The summed E-state index contributed by atoms with van der Waals surface area (Å²) in [5.74, 6) is -0.921. The molecule has 0 aliphatic heterocycles. The number of ether oxygens (including phenoxy) is 2. The van der Waals surface area contributed by atoms with Crippen LogP contribution in [-0.4, -0.2) is 19.1 Å². The van der Waals surface area contributed by atoms with E-state index in [-0.39, 0.29) is 29.4 Å². The lowest BCUT2D eigenvalue weighted by molar-refractivity contribution is -0.137. The van der Waals surface area contributed by atoms with Gasteiger partial charge >= 0.3 is 12.8 Å². The van der Waals surface area contributed by atoms with E-state index in [1.54, 1.807) is 6.92 Å². The largest absolute Gasteiger partial charge is 0.490 e. The normalized spacial score (nSPS) is 11.3. The molecule has 0 atom stereocenters. The third-order valence-electron chi connectivity index (χ3n) is 3.19. The smallest absolute Gasteiger partial charge is 0.416 e. The van der Waals surface area contributed by atoms with Crippen LogP contribution in [0.2, 0.25) is 0 Å². The zero-order valence-corrected chi connectivity index (χ0v) is 13.4. The Morgan fingerprint density at radius 3 is 2.27 bits per heavy atom. The summed E-state index contributed by atoms with van der Waals surface area (Å²) in [6.45, 7) is -1.27. The highest BCUT2D eigenvalue weighted by Crippen LogP contribution is 2.31. The molecule has 4 nitrogen and oxygen atoms in total. The lowest BCUT2D eigenvalue weighted by Crippen LogP contribution is -2.13. The minimum Gasteiger partial charge on any atom is -0.490 e. The molecule has 2 aromatic rings. The molecule has 9 heteroatoms. The molecule has 26 heavy (non-hydrogen) atoms. The maximum absolute atomic E-state index is 12.5. The predicted octanol–water partition coefficient (Wildman–Crippen LogP) is 4.96. The SMILES string of the molecule is CCOc1cc(C(=O)Nc2ccc(C(F)(F)F)cc2)ccc1OC(F)F.